The summed E-state index contributed by atoms with van der Waals surface area (Å²) in [5.41, 5.74) is 2.52. The van der Waals surface area contributed by atoms with E-state index in [9.17, 15) is 4.79 Å². The smallest absolute Gasteiger partial charge is 0.307 e. The number of carbonyl (C=O) groups is 1. The molecule has 0 saturated heterocycles. The summed E-state index contributed by atoms with van der Waals surface area (Å²) in [5.74, 6) is -0.102. The Bertz CT molecular complexity index is 431. The topological polar surface area (TPSA) is 38.3 Å². The fraction of sp³-hybridized carbons (Fsp3) is 0.562. The molecule has 1 aliphatic carbocycles. The van der Waals surface area contributed by atoms with Crippen LogP contribution in [0, 0.1) is 0 Å². The Balaban J connectivity index is 1.95. The molecule has 0 radical (unpaired) electrons. The Labute approximate surface area is 115 Å². The van der Waals surface area contributed by atoms with E-state index < -0.39 is 0 Å². The van der Waals surface area contributed by atoms with Crippen molar-refractivity contribution in [3.63, 3.8) is 0 Å². The van der Waals surface area contributed by atoms with Crippen molar-refractivity contribution >= 4 is 5.97 Å². The van der Waals surface area contributed by atoms with Gasteiger partial charge >= 0.3 is 5.97 Å². The third kappa shape index (κ3) is 3.80. The maximum atomic E-state index is 11.9. The molecule has 0 bridgehead atoms. The van der Waals surface area contributed by atoms with Gasteiger partial charge < -0.3 is 10.1 Å². The largest absolute Gasteiger partial charge is 0.457 e. The number of nitrogens with one attached hydrogen (secondary N) is 1. The molecule has 1 aromatic carbocycles. The maximum Gasteiger partial charge on any atom is 0.307 e. The van der Waals surface area contributed by atoms with Crippen molar-refractivity contribution in [1.82, 2.24) is 5.32 Å². The lowest BCUT2D eigenvalue weighted by molar-refractivity contribution is -0.150. The van der Waals surface area contributed by atoms with Gasteiger partial charge in [0.25, 0.3) is 0 Å². The Morgan fingerprint density at radius 3 is 3.05 bits per heavy atom. The average Bonchev–Trinajstić information content (AvgIpc) is 2.39. The van der Waals surface area contributed by atoms with Crippen molar-refractivity contribution in [3.8, 4) is 0 Å². The van der Waals surface area contributed by atoms with Crippen LogP contribution in [0.1, 0.15) is 50.3 Å². The molecule has 0 fully saturated rings. The van der Waals surface area contributed by atoms with Crippen LogP contribution in [0.2, 0.25) is 0 Å². The first-order chi connectivity index (χ1) is 9.20. The molecule has 1 aliphatic rings. The van der Waals surface area contributed by atoms with E-state index >= 15 is 0 Å². The van der Waals surface area contributed by atoms with Gasteiger partial charge in [0.05, 0.1) is 6.42 Å². The normalized spacial score (nSPS) is 19.6. The van der Waals surface area contributed by atoms with E-state index in [1.165, 1.54) is 11.1 Å². The number of hydrogen-bond acceptors (Lipinski definition) is 3. The maximum absolute atomic E-state index is 11.9. The summed E-state index contributed by atoms with van der Waals surface area (Å²) in [6.07, 6.45) is 3.52. The van der Waals surface area contributed by atoms with Crippen molar-refractivity contribution in [2.24, 2.45) is 0 Å². The van der Waals surface area contributed by atoms with E-state index in [1.807, 2.05) is 19.9 Å². The van der Waals surface area contributed by atoms with E-state index in [4.69, 9.17) is 4.74 Å². The third-order valence-corrected chi connectivity index (χ3v) is 3.61. The Morgan fingerprint density at radius 2 is 2.26 bits per heavy atom. The number of carbonyl (C=O) groups excluding carboxylic acids is 1. The molecule has 0 amide bonds. The van der Waals surface area contributed by atoms with Crippen molar-refractivity contribution in [2.45, 2.75) is 51.7 Å². The Hall–Kier alpha value is -1.35. The summed E-state index contributed by atoms with van der Waals surface area (Å²) in [5, 5.41) is 3.23. The molecule has 0 heterocycles. The minimum absolute atomic E-state index is 0.0497. The SMILES string of the molecule is CCNC(C)CC(=O)OC1CCCc2ccccc21. The molecule has 0 aromatic heterocycles. The first kappa shape index (κ1) is 14.1. The lowest BCUT2D eigenvalue weighted by Crippen LogP contribution is -2.29. The lowest BCUT2D eigenvalue weighted by Gasteiger charge is -2.26. The second kappa shape index (κ2) is 6.71. The van der Waals surface area contributed by atoms with Crippen LogP contribution in [0.4, 0.5) is 0 Å². The van der Waals surface area contributed by atoms with Gasteiger partial charge in [-0.05, 0) is 43.9 Å². The number of aryl methyl sites for hydroxylation is 1. The Morgan fingerprint density at radius 1 is 1.47 bits per heavy atom. The van der Waals surface area contributed by atoms with Crippen LogP contribution in [0.15, 0.2) is 24.3 Å². The fourth-order valence-electron chi connectivity index (χ4n) is 2.71. The molecule has 3 heteroatoms. The average molecular weight is 261 g/mol. The molecule has 1 N–H and O–H groups in total. The number of benzene rings is 1. The predicted molar refractivity (Wildman–Crippen MR) is 76.0 cm³/mol. The van der Waals surface area contributed by atoms with Gasteiger partial charge in [-0.15, -0.1) is 0 Å². The van der Waals surface area contributed by atoms with Gasteiger partial charge in [-0.1, -0.05) is 31.2 Å². The second-order valence-corrected chi connectivity index (χ2v) is 5.23. The molecule has 19 heavy (non-hydrogen) atoms. The van der Waals surface area contributed by atoms with Crippen LogP contribution >= 0.6 is 0 Å². The number of fused-ring (bicyclic) bond motifs is 1. The molecule has 2 atom stereocenters. The second-order valence-electron chi connectivity index (χ2n) is 5.23. The van der Waals surface area contributed by atoms with E-state index in [0.717, 1.165) is 25.8 Å². The number of esters is 1. The molecule has 2 unspecified atom stereocenters. The highest BCUT2D eigenvalue weighted by molar-refractivity contribution is 5.70. The zero-order valence-electron chi connectivity index (χ0n) is 11.8. The van der Waals surface area contributed by atoms with Crippen LogP contribution in [-0.4, -0.2) is 18.6 Å². The monoisotopic (exact) mass is 261 g/mol. The van der Waals surface area contributed by atoms with Gasteiger partial charge in [0.15, 0.2) is 0 Å². The fourth-order valence-corrected chi connectivity index (χ4v) is 2.71. The van der Waals surface area contributed by atoms with Gasteiger partial charge in [-0.3, -0.25) is 4.79 Å². The summed E-state index contributed by atoms with van der Waals surface area (Å²) in [6, 6.07) is 8.47. The zero-order valence-corrected chi connectivity index (χ0v) is 11.8. The summed E-state index contributed by atoms with van der Waals surface area (Å²) < 4.78 is 5.66. The Kier molecular flexibility index (Phi) is 4.97. The van der Waals surface area contributed by atoms with Gasteiger partial charge in [-0.25, -0.2) is 0 Å². The molecular formula is C16H23NO2. The highest BCUT2D eigenvalue weighted by atomic mass is 16.5. The highest BCUT2D eigenvalue weighted by Crippen LogP contribution is 2.32. The zero-order chi connectivity index (χ0) is 13.7. The van der Waals surface area contributed by atoms with E-state index in [2.05, 4.69) is 23.5 Å². The van der Waals surface area contributed by atoms with Gasteiger partial charge in [0.1, 0.15) is 6.10 Å². The standard InChI is InChI=1S/C16H23NO2/c1-3-17-12(2)11-16(18)19-15-10-6-8-13-7-4-5-9-14(13)15/h4-5,7,9,12,15,17H,3,6,8,10-11H2,1-2H3. The third-order valence-electron chi connectivity index (χ3n) is 3.61. The van der Waals surface area contributed by atoms with Crippen LogP contribution in [-0.2, 0) is 16.0 Å². The molecule has 3 nitrogen and oxygen atoms in total. The van der Waals surface area contributed by atoms with Gasteiger partial charge in [-0.2, -0.15) is 0 Å². The molecule has 1 aromatic rings. The molecule has 0 aliphatic heterocycles. The van der Waals surface area contributed by atoms with Crippen LogP contribution < -0.4 is 5.32 Å². The van der Waals surface area contributed by atoms with Gasteiger partial charge in [0.2, 0.25) is 0 Å². The summed E-state index contributed by atoms with van der Waals surface area (Å²) in [4.78, 5) is 11.9. The van der Waals surface area contributed by atoms with Crippen molar-refractivity contribution < 1.29 is 9.53 Å². The minimum atomic E-state index is -0.102. The van der Waals surface area contributed by atoms with Crippen molar-refractivity contribution in [3.05, 3.63) is 35.4 Å². The van der Waals surface area contributed by atoms with Crippen LogP contribution in [0.25, 0.3) is 0 Å². The van der Waals surface area contributed by atoms with E-state index in [0.29, 0.717) is 6.42 Å². The molecular weight excluding hydrogens is 238 g/mol. The summed E-state index contributed by atoms with van der Waals surface area (Å²) in [7, 11) is 0. The first-order valence-electron chi connectivity index (χ1n) is 7.21. The van der Waals surface area contributed by atoms with E-state index in [-0.39, 0.29) is 18.1 Å². The number of hydrogen-bond donors (Lipinski definition) is 1. The van der Waals surface area contributed by atoms with E-state index in [1.54, 1.807) is 0 Å². The molecule has 0 saturated carbocycles. The van der Waals surface area contributed by atoms with Crippen molar-refractivity contribution in [1.29, 1.82) is 0 Å². The summed E-state index contributed by atoms with van der Waals surface area (Å²) in [6.45, 7) is 4.93. The highest BCUT2D eigenvalue weighted by Gasteiger charge is 2.23. The quantitative estimate of drug-likeness (QED) is 0.828. The number of rotatable bonds is 5. The molecule has 0 spiro atoms. The lowest BCUT2D eigenvalue weighted by atomic mass is 9.89. The van der Waals surface area contributed by atoms with Gasteiger partial charge in [0, 0.05) is 6.04 Å². The van der Waals surface area contributed by atoms with Crippen LogP contribution in [0.5, 0.6) is 0 Å². The van der Waals surface area contributed by atoms with Crippen molar-refractivity contribution in [2.75, 3.05) is 6.54 Å². The molecule has 2 rings (SSSR count). The number of ether oxygens (including phenoxy) is 1. The van der Waals surface area contributed by atoms with Crippen LogP contribution in [0.3, 0.4) is 0 Å². The summed E-state index contributed by atoms with van der Waals surface area (Å²) >= 11 is 0. The molecule has 104 valence electrons. The predicted octanol–water partition coefficient (Wildman–Crippen LogP) is 3.00. The first-order valence-corrected chi connectivity index (χ1v) is 7.21. The minimum Gasteiger partial charge on any atom is -0.457 e.